The molecule has 26 heavy (non-hydrogen) atoms. The fourth-order valence-corrected chi connectivity index (χ4v) is 3.03. The summed E-state index contributed by atoms with van der Waals surface area (Å²) >= 11 is 0. The van der Waals surface area contributed by atoms with E-state index >= 15 is 0 Å². The van der Waals surface area contributed by atoms with Crippen LogP contribution in [0.1, 0.15) is 23.1 Å². The second-order valence-electron chi connectivity index (χ2n) is 6.02. The molecule has 0 bridgehead atoms. The van der Waals surface area contributed by atoms with Crippen molar-refractivity contribution >= 4 is 16.9 Å². The van der Waals surface area contributed by atoms with Gasteiger partial charge in [0.2, 0.25) is 0 Å². The Morgan fingerprint density at radius 3 is 2.38 bits per heavy atom. The van der Waals surface area contributed by atoms with Gasteiger partial charge in [0.15, 0.2) is 0 Å². The number of aryl methyl sites for hydroxylation is 1. The van der Waals surface area contributed by atoms with E-state index in [1.54, 1.807) is 44.4 Å². The molecular weight excluding hydrogens is 330 g/mol. The first-order valence-electron chi connectivity index (χ1n) is 8.50. The molecule has 1 amide bonds. The van der Waals surface area contributed by atoms with Crippen LogP contribution in [-0.4, -0.2) is 41.6 Å². The van der Waals surface area contributed by atoms with E-state index < -0.39 is 0 Å². The molecule has 0 saturated heterocycles. The number of carbonyl (C=O) groups excluding carboxylic acids is 1. The number of methoxy groups -OCH3 is 2. The zero-order chi connectivity index (χ0) is 18.7. The quantitative estimate of drug-likeness (QED) is 0.682. The molecule has 1 aromatic heterocycles. The molecule has 3 rings (SSSR count). The van der Waals surface area contributed by atoms with Gasteiger partial charge in [-0.2, -0.15) is 0 Å². The molecule has 6 nitrogen and oxygen atoms in total. The van der Waals surface area contributed by atoms with Crippen molar-refractivity contribution in [2.75, 3.05) is 21.3 Å². The van der Waals surface area contributed by atoms with Crippen molar-refractivity contribution in [3.05, 3.63) is 53.9 Å². The van der Waals surface area contributed by atoms with E-state index in [4.69, 9.17) is 9.47 Å². The van der Waals surface area contributed by atoms with Crippen LogP contribution in [-0.2, 0) is 13.1 Å². The Labute approximate surface area is 153 Å². The summed E-state index contributed by atoms with van der Waals surface area (Å²) in [6, 6.07) is 13.2. The molecule has 0 atom stereocenters. The lowest BCUT2D eigenvalue weighted by atomic mass is 10.1. The van der Waals surface area contributed by atoms with E-state index in [1.165, 1.54) is 0 Å². The molecule has 0 spiro atoms. The lowest BCUT2D eigenvalue weighted by Crippen LogP contribution is -2.27. The van der Waals surface area contributed by atoms with Gasteiger partial charge in [-0.1, -0.05) is 12.1 Å². The van der Waals surface area contributed by atoms with Crippen molar-refractivity contribution < 1.29 is 14.3 Å². The van der Waals surface area contributed by atoms with Crippen LogP contribution >= 0.6 is 0 Å². The Morgan fingerprint density at radius 2 is 1.77 bits per heavy atom. The molecule has 0 unspecified atom stereocenters. The van der Waals surface area contributed by atoms with E-state index in [0.717, 1.165) is 23.4 Å². The fraction of sp³-hybridized carbons (Fsp3) is 0.300. The molecule has 136 valence electrons. The maximum absolute atomic E-state index is 12.9. The van der Waals surface area contributed by atoms with E-state index in [1.807, 2.05) is 24.3 Å². The minimum atomic E-state index is -0.114. The van der Waals surface area contributed by atoms with Gasteiger partial charge in [0, 0.05) is 25.2 Å². The monoisotopic (exact) mass is 353 g/mol. The van der Waals surface area contributed by atoms with Gasteiger partial charge >= 0.3 is 0 Å². The van der Waals surface area contributed by atoms with Gasteiger partial charge in [0.05, 0.1) is 31.8 Å². The number of nitrogens with zero attached hydrogens (tertiary/aromatic N) is 3. The first-order chi connectivity index (χ1) is 12.6. The smallest absolute Gasteiger partial charge is 0.254 e. The SMILES string of the molecule is CCn1c(CN(C)C(=O)c2cc(OC)cc(OC)c2)nc2ccccc21. The number of fused-ring (bicyclic) bond motifs is 1. The zero-order valence-corrected chi connectivity index (χ0v) is 15.5. The molecule has 0 aliphatic rings. The minimum absolute atomic E-state index is 0.114. The number of rotatable bonds is 6. The molecule has 0 aliphatic heterocycles. The third-order valence-corrected chi connectivity index (χ3v) is 4.37. The Morgan fingerprint density at radius 1 is 1.12 bits per heavy atom. The summed E-state index contributed by atoms with van der Waals surface area (Å²) in [5, 5.41) is 0. The molecule has 0 saturated carbocycles. The number of imidazole rings is 1. The first kappa shape index (κ1) is 17.8. The highest BCUT2D eigenvalue weighted by Crippen LogP contribution is 2.24. The molecule has 3 aromatic rings. The van der Waals surface area contributed by atoms with E-state index in [-0.39, 0.29) is 5.91 Å². The number of amides is 1. The number of carbonyl (C=O) groups is 1. The van der Waals surface area contributed by atoms with Crippen molar-refractivity contribution in [1.82, 2.24) is 14.5 Å². The lowest BCUT2D eigenvalue weighted by Gasteiger charge is -2.18. The Hall–Kier alpha value is -3.02. The van der Waals surface area contributed by atoms with Gasteiger partial charge < -0.3 is 18.9 Å². The molecule has 0 N–H and O–H groups in total. The third kappa shape index (κ3) is 3.35. The predicted octanol–water partition coefficient (Wildman–Crippen LogP) is 3.35. The van der Waals surface area contributed by atoms with Crippen LogP contribution < -0.4 is 9.47 Å². The average molecular weight is 353 g/mol. The highest BCUT2D eigenvalue weighted by Gasteiger charge is 2.18. The van der Waals surface area contributed by atoms with Crippen molar-refractivity contribution in [1.29, 1.82) is 0 Å². The first-order valence-corrected chi connectivity index (χ1v) is 8.50. The number of hydrogen-bond donors (Lipinski definition) is 0. The molecule has 2 aromatic carbocycles. The predicted molar refractivity (Wildman–Crippen MR) is 101 cm³/mol. The summed E-state index contributed by atoms with van der Waals surface area (Å²) in [6.45, 7) is 3.29. The molecule has 6 heteroatoms. The van der Waals surface area contributed by atoms with Crippen molar-refractivity contribution in [2.24, 2.45) is 0 Å². The fourth-order valence-electron chi connectivity index (χ4n) is 3.03. The zero-order valence-electron chi connectivity index (χ0n) is 15.5. The average Bonchev–Trinajstić information content (AvgIpc) is 3.03. The molecule has 0 aliphatic carbocycles. The summed E-state index contributed by atoms with van der Waals surface area (Å²) in [4.78, 5) is 19.2. The maximum Gasteiger partial charge on any atom is 0.254 e. The lowest BCUT2D eigenvalue weighted by molar-refractivity contribution is 0.0779. The number of aromatic nitrogens is 2. The van der Waals surface area contributed by atoms with Crippen molar-refractivity contribution in [2.45, 2.75) is 20.0 Å². The van der Waals surface area contributed by atoms with Crippen LogP contribution in [0.15, 0.2) is 42.5 Å². The summed E-state index contributed by atoms with van der Waals surface area (Å²) < 4.78 is 12.6. The third-order valence-electron chi connectivity index (χ3n) is 4.37. The molecule has 1 heterocycles. The van der Waals surface area contributed by atoms with Crippen molar-refractivity contribution in [3.63, 3.8) is 0 Å². The van der Waals surface area contributed by atoms with Crippen LogP contribution in [0, 0.1) is 0 Å². The Bertz CT molecular complexity index is 911. The summed E-state index contributed by atoms with van der Waals surface area (Å²) in [5.41, 5.74) is 2.53. The van der Waals surface area contributed by atoms with E-state index in [2.05, 4.69) is 16.5 Å². The highest BCUT2D eigenvalue weighted by atomic mass is 16.5. The molecular formula is C20H23N3O3. The largest absolute Gasteiger partial charge is 0.497 e. The summed E-state index contributed by atoms with van der Waals surface area (Å²) in [6.07, 6.45) is 0. The number of hydrogen-bond acceptors (Lipinski definition) is 4. The molecule has 0 fully saturated rings. The van der Waals surface area contributed by atoms with E-state index in [9.17, 15) is 4.79 Å². The number of para-hydroxylation sites is 2. The van der Waals surface area contributed by atoms with Crippen LogP contribution in [0.3, 0.4) is 0 Å². The van der Waals surface area contributed by atoms with Gasteiger partial charge in [-0.25, -0.2) is 4.98 Å². The second kappa shape index (κ2) is 7.47. The van der Waals surface area contributed by atoms with Crippen LogP contribution in [0.2, 0.25) is 0 Å². The van der Waals surface area contributed by atoms with Gasteiger partial charge in [-0.15, -0.1) is 0 Å². The van der Waals surface area contributed by atoms with Gasteiger partial charge in [0.25, 0.3) is 5.91 Å². The minimum Gasteiger partial charge on any atom is -0.497 e. The Balaban J connectivity index is 1.88. The molecule has 0 radical (unpaired) electrons. The maximum atomic E-state index is 12.9. The van der Waals surface area contributed by atoms with Crippen molar-refractivity contribution in [3.8, 4) is 11.5 Å². The van der Waals surface area contributed by atoms with E-state index in [0.29, 0.717) is 23.6 Å². The summed E-state index contributed by atoms with van der Waals surface area (Å²) in [5.74, 6) is 1.92. The van der Waals surface area contributed by atoms with Crippen LogP contribution in [0.25, 0.3) is 11.0 Å². The highest BCUT2D eigenvalue weighted by molar-refractivity contribution is 5.95. The van der Waals surface area contributed by atoms with Crippen LogP contribution in [0.4, 0.5) is 0 Å². The van der Waals surface area contributed by atoms with Crippen LogP contribution in [0.5, 0.6) is 11.5 Å². The van der Waals surface area contributed by atoms with Gasteiger partial charge in [0.1, 0.15) is 17.3 Å². The van der Waals surface area contributed by atoms with Gasteiger partial charge in [-0.05, 0) is 31.2 Å². The summed E-state index contributed by atoms with van der Waals surface area (Å²) in [7, 11) is 4.90. The number of benzene rings is 2. The Kier molecular flexibility index (Phi) is 5.11. The normalized spacial score (nSPS) is 10.8. The second-order valence-corrected chi connectivity index (χ2v) is 6.02. The topological polar surface area (TPSA) is 56.6 Å². The van der Waals surface area contributed by atoms with Gasteiger partial charge in [-0.3, -0.25) is 4.79 Å². The number of ether oxygens (including phenoxy) is 2. The standard InChI is InChI=1S/C20H23N3O3/c1-5-23-18-9-7-6-8-17(18)21-19(23)13-22(2)20(24)14-10-15(25-3)12-16(11-14)26-4/h6-12H,5,13H2,1-4H3.